The first-order valence-electron chi connectivity index (χ1n) is 5.38. The van der Waals surface area contributed by atoms with Crippen LogP contribution in [0, 0.1) is 0 Å². The highest BCUT2D eigenvalue weighted by Crippen LogP contribution is 2.02. The largest absolute Gasteiger partial charge is 0.465 e. The second-order valence-electron chi connectivity index (χ2n) is 3.36. The summed E-state index contributed by atoms with van der Waals surface area (Å²) >= 11 is 0. The molecule has 1 amide bonds. The number of nitrogens with zero attached hydrogens (tertiary/aromatic N) is 1. The summed E-state index contributed by atoms with van der Waals surface area (Å²) in [6, 6.07) is 3.38. The maximum Gasteiger partial charge on any atom is 0.325 e. The molecule has 5 nitrogen and oxygen atoms in total. The molecule has 0 fully saturated rings. The molecule has 1 aromatic rings. The van der Waals surface area contributed by atoms with Crippen LogP contribution in [0.1, 0.15) is 17.4 Å². The predicted molar refractivity (Wildman–Crippen MR) is 63.5 cm³/mol. The number of rotatable bonds is 6. The van der Waals surface area contributed by atoms with Crippen LogP contribution in [-0.2, 0) is 9.53 Å². The molecular formula is C12H16N2O3. The average Bonchev–Trinajstić information content (AvgIpc) is 2.81. The summed E-state index contributed by atoms with van der Waals surface area (Å²) in [5, 5.41) is 0. The molecule has 1 heterocycles. The zero-order chi connectivity index (χ0) is 12.7. The molecular weight excluding hydrogens is 220 g/mol. The van der Waals surface area contributed by atoms with Gasteiger partial charge in [0.25, 0.3) is 5.91 Å². The van der Waals surface area contributed by atoms with Crippen molar-refractivity contribution < 1.29 is 14.3 Å². The SMILES string of the molecule is C=CCN(CC(=O)OCC)C(=O)c1ccc[nH]1. The van der Waals surface area contributed by atoms with Gasteiger partial charge in [-0.15, -0.1) is 6.58 Å². The number of H-pyrrole nitrogens is 1. The van der Waals surface area contributed by atoms with Crippen LogP contribution in [-0.4, -0.2) is 41.5 Å². The molecule has 0 saturated carbocycles. The fourth-order valence-electron chi connectivity index (χ4n) is 1.37. The Labute approximate surface area is 100 Å². The van der Waals surface area contributed by atoms with E-state index in [0.717, 1.165) is 0 Å². The van der Waals surface area contributed by atoms with Gasteiger partial charge in [-0.05, 0) is 19.1 Å². The lowest BCUT2D eigenvalue weighted by molar-refractivity contribution is -0.143. The van der Waals surface area contributed by atoms with Gasteiger partial charge in [-0.1, -0.05) is 6.08 Å². The number of ether oxygens (including phenoxy) is 1. The Hall–Kier alpha value is -2.04. The predicted octanol–water partition coefficient (Wildman–Crippen LogP) is 1.21. The molecule has 1 N–H and O–H groups in total. The minimum absolute atomic E-state index is 0.0717. The fraction of sp³-hybridized carbons (Fsp3) is 0.333. The van der Waals surface area contributed by atoms with Crippen LogP contribution in [0.5, 0.6) is 0 Å². The Morgan fingerprint density at radius 3 is 2.88 bits per heavy atom. The lowest BCUT2D eigenvalue weighted by atomic mass is 10.3. The van der Waals surface area contributed by atoms with Gasteiger partial charge in [0.1, 0.15) is 12.2 Å². The molecule has 0 aliphatic rings. The maximum absolute atomic E-state index is 12.0. The number of esters is 1. The minimum atomic E-state index is -0.422. The second-order valence-corrected chi connectivity index (χ2v) is 3.36. The van der Waals surface area contributed by atoms with Crippen molar-refractivity contribution in [3.63, 3.8) is 0 Å². The van der Waals surface area contributed by atoms with Crippen molar-refractivity contribution in [2.75, 3.05) is 19.7 Å². The van der Waals surface area contributed by atoms with Crippen LogP contribution >= 0.6 is 0 Å². The third kappa shape index (κ3) is 3.79. The van der Waals surface area contributed by atoms with E-state index in [0.29, 0.717) is 18.8 Å². The first-order chi connectivity index (χ1) is 8.19. The first-order valence-corrected chi connectivity index (χ1v) is 5.38. The monoisotopic (exact) mass is 236 g/mol. The van der Waals surface area contributed by atoms with Crippen molar-refractivity contribution in [3.8, 4) is 0 Å². The molecule has 0 aliphatic heterocycles. The zero-order valence-electron chi connectivity index (χ0n) is 9.81. The Morgan fingerprint density at radius 2 is 2.35 bits per heavy atom. The van der Waals surface area contributed by atoms with Gasteiger partial charge in [-0.25, -0.2) is 0 Å². The van der Waals surface area contributed by atoms with Crippen molar-refractivity contribution in [1.82, 2.24) is 9.88 Å². The molecule has 0 spiro atoms. The van der Waals surface area contributed by atoms with Gasteiger partial charge in [-0.2, -0.15) is 0 Å². The quantitative estimate of drug-likeness (QED) is 0.596. The smallest absolute Gasteiger partial charge is 0.325 e. The molecule has 5 heteroatoms. The topological polar surface area (TPSA) is 62.4 Å². The molecule has 0 aliphatic carbocycles. The van der Waals surface area contributed by atoms with Crippen molar-refractivity contribution in [3.05, 3.63) is 36.7 Å². The van der Waals surface area contributed by atoms with Crippen LogP contribution in [0.3, 0.4) is 0 Å². The summed E-state index contributed by atoms with van der Waals surface area (Å²) in [6.45, 7) is 5.82. The molecule has 17 heavy (non-hydrogen) atoms. The van der Waals surface area contributed by atoms with E-state index in [-0.39, 0.29) is 12.5 Å². The molecule has 0 atom stereocenters. The van der Waals surface area contributed by atoms with E-state index in [4.69, 9.17) is 4.74 Å². The van der Waals surface area contributed by atoms with Gasteiger partial charge in [0.2, 0.25) is 0 Å². The third-order valence-corrected chi connectivity index (χ3v) is 2.09. The number of hydrogen-bond donors (Lipinski definition) is 1. The number of carbonyl (C=O) groups is 2. The van der Waals surface area contributed by atoms with Gasteiger partial charge in [-0.3, -0.25) is 9.59 Å². The van der Waals surface area contributed by atoms with Crippen LogP contribution < -0.4 is 0 Å². The normalized spacial score (nSPS) is 9.71. The average molecular weight is 236 g/mol. The van der Waals surface area contributed by atoms with Crippen molar-refractivity contribution >= 4 is 11.9 Å². The summed E-state index contributed by atoms with van der Waals surface area (Å²) in [5.74, 6) is -0.669. The zero-order valence-corrected chi connectivity index (χ0v) is 9.81. The molecule has 0 unspecified atom stereocenters. The van der Waals surface area contributed by atoms with Crippen molar-refractivity contribution in [1.29, 1.82) is 0 Å². The number of carbonyl (C=O) groups excluding carboxylic acids is 2. The van der Waals surface area contributed by atoms with Crippen LogP contribution in [0.2, 0.25) is 0 Å². The first kappa shape index (κ1) is 13.0. The summed E-state index contributed by atoms with van der Waals surface area (Å²) in [4.78, 5) is 27.5. The van der Waals surface area contributed by atoms with Gasteiger partial charge >= 0.3 is 5.97 Å². The van der Waals surface area contributed by atoms with Crippen molar-refractivity contribution in [2.24, 2.45) is 0 Å². The summed E-state index contributed by atoms with van der Waals surface area (Å²) in [6.07, 6.45) is 3.23. The Morgan fingerprint density at radius 1 is 1.59 bits per heavy atom. The molecule has 0 bridgehead atoms. The number of aromatic amines is 1. The number of aromatic nitrogens is 1. The molecule has 0 saturated heterocycles. The standard InChI is InChI=1S/C12H16N2O3/c1-3-8-14(9-11(15)17-4-2)12(16)10-6-5-7-13-10/h3,5-7,13H,1,4,8-9H2,2H3. The van der Waals surface area contributed by atoms with E-state index in [1.165, 1.54) is 4.90 Å². The van der Waals surface area contributed by atoms with E-state index >= 15 is 0 Å². The molecule has 0 radical (unpaired) electrons. The van der Waals surface area contributed by atoms with Crippen LogP contribution in [0.4, 0.5) is 0 Å². The van der Waals surface area contributed by atoms with E-state index < -0.39 is 5.97 Å². The van der Waals surface area contributed by atoms with Gasteiger partial charge < -0.3 is 14.6 Å². The Kier molecular flexibility index (Phi) is 5.00. The van der Waals surface area contributed by atoms with E-state index in [1.54, 1.807) is 31.3 Å². The van der Waals surface area contributed by atoms with E-state index in [9.17, 15) is 9.59 Å². The number of nitrogens with one attached hydrogen (secondary N) is 1. The van der Waals surface area contributed by atoms with Gasteiger partial charge in [0, 0.05) is 12.7 Å². The van der Waals surface area contributed by atoms with Gasteiger partial charge in [0.05, 0.1) is 6.61 Å². The van der Waals surface area contributed by atoms with Crippen LogP contribution in [0.15, 0.2) is 31.0 Å². The highest BCUT2D eigenvalue weighted by Gasteiger charge is 2.18. The van der Waals surface area contributed by atoms with E-state index in [1.807, 2.05) is 0 Å². The lowest BCUT2D eigenvalue weighted by Crippen LogP contribution is -2.36. The molecule has 1 rings (SSSR count). The highest BCUT2D eigenvalue weighted by molar-refractivity contribution is 5.94. The maximum atomic E-state index is 12.0. The molecule has 92 valence electrons. The summed E-state index contributed by atoms with van der Waals surface area (Å²) in [5.41, 5.74) is 0.441. The fourth-order valence-corrected chi connectivity index (χ4v) is 1.37. The third-order valence-electron chi connectivity index (χ3n) is 2.09. The Bertz CT molecular complexity index is 384. The lowest BCUT2D eigenvalue weighted by Gasteiger charge is -2.19. The van der Waals surface area contributed by atoms with Gasteiger partial charge in [0.15, 0.2) is 0 Å². The minimum Gasteiger partial charge on any atom is -0.465 e. The second kappa shape index (κ2) is 6.52. The highest BCUT2D eigenvalue weighted by atomic mass is 16.5. The summed E-state index contributed by atoms with van der Waals surface area (Å²) < 4.78 is 4.81. The number of amides is 1. The summed E-state index contributed by atoms with van der Waals surface area (Å²) in [7, 11) is 0. The Balaban J connectivity index is 2.68. The van der Waals surface area contributed by atoms with E-state index in [2.05, 4.69) is 11.6 Å². The van der Waals surface area contributed by atoms with Crippen molar-refractivity contribution in [2.45, 2.75) is 6.92 Å². The van der Waals surface area contributed by atoms with Crippen LogP contribution in [0.25, 0.3) is 0 Å². The molecule has 0 aromatic carbocycles. The molecule has 1 aromatic heterocycles. The number of hydrogen-bond acceptors (Lipinski definition) is 3.